The molecule has 42 heavy (non-hydrogen) atoms. The van der Waals surface area contributed by atoms with Crippen molar-refractivity contribution in [2.24, 2.45) is 0 Å². The zero-order valence-electron chi connectivity index (χ0n) is 24.9. The van der Waals surface area contributed by atoms with Gasteiger partial charge < -0.3 is 24.4 Å². The molecule has 0 heterocycles. The van der Waals surface area contributed by atoms with Gasteiger partial charge in [0.2, 0.25) is 21.8 Å². The summed E-state index contributed by atoms with van der Waals surface area (Å²) in [6.07, 6.45) is 1.24. The number of anilines is 1. The molecule has 0 aliphatic heterocycles. The minimum Gasteiger partial charge on any atom is -0.497 e. The third kappa shape index (κ3) is 8.62. The molecule has 0 aliphatic rings. The lowest BCUT2D eigenvalue weighted by molar-refractivity contribution is -0.140. The number of amides is 2. The van der Waals surface area contributed by atoms with Crippen molar-refractivity contribution in [2.75, 3.05) is 38.4 Å². The summed E-state index contributed by atoms with van der Waals surface area (Å²) in [4.78, 5) is 29.3. The van der Waals surface area contributed by atoms with Gasteiger partial charge in [0.15, 0.2) is 0 Å². The van der Waals surface area contributed by atoms with Crippen LogP contribution in [0.3, 0.4) is 0 Å². The first kappa shape index (κ1) is 32.3. The second kappa shape index (κ2) is 14.6. The lowest BCUT2D eigenvalue weighted by atomic mass is 10.0. The Bertz CT molecular complexity index is 1460. The fourth-order valence-corrected chi connectivity index (χ4v) is 5.34. The van der Waals surface area contributed by atoms with E-state index in [0.29, 0.717) is 17.1 Å². The molecular weight excluding hydrogens is 558 g/mol. The van der Waals surface area contributed by atoms with Crippen molar-refractivity contribution in [2.45, 2.75) is 38.9 Å². The van der Waals surface area contributed by atoms with Gasteiger partial charge in [-0.15, -0.1) is 0 Å². The van der Waals surface area contributed by atoms with E-state index >= 15 is 0 Å². The number of methoxy groups -OCH3 is 3. The minimum absolute atomic E-state index is 0.0381. The first-order valence-corrected chi connectivity index (χ1v) is 15.3. The van der Waals surface area contributed by atoms with Gasteiger partial charge in [0.1, 0.15) is 29.8 Å². The molecule has 3 rings (SSSR count). The average molecular weight is 598 g/mol. The molecule has 1 N–H and O–H groups in total. The van der Waals surface area contributed by atoms with Crippen molar-refractivity contribution < 1.29 is 32.2 Å². The lowest BCUT2D eigenvalue weighted by Crippen LogP contribution is -2.54. The average Bonchev–Trinajstić information content (AvgIpc) is 2.96. The van der Waals surface area contributed by atoms with Gasteiger partial charge in [-0.2, -0.15) is 0 Å². The normalized spacial score (nSPS) is 11.9. The highest BCUT2D eigenvalue weighted by Gasteiger charge is 2.34. The van der Waals surface area contributed by atoms with Gasteiger partial charge in [-0.3, -0.25) is 13.9 Å². The Morgan fingerprint density at radius 3 is 2.07 bits per heavy atom. The smallest absolute Gasteiger partial charge is 0.244 e. The highest BCUT2D eigenvalue weighted by Crippen LogP contribution is 2.34. The number of carbonyl (C=O) groups excluding carboxylic acids is 2. The summed E-state index contributed by atoms with van der Waals surface area (Å²) in [6.45, 7) is 3.15. The highest BCUT2D eigenvalue weighted by molar-refractivity contribution is 7.92. The number of rotatable bonds is 14. The van der Waals surface area contributed by atoms with Crippen LogP contribution in [-0.2, 0) is 32.6 Å². The number of nitrogens with one attached hydrogen (secondary N) is 1. The third-order valence-electron chi connectivity index (χ3n) is 6.52. The predicted octanol–water partition coefficient (Wildman–Crippen LogP) is 3.64. The third-order valence-corrected chi connectivity index (χ3v) is 7.65. The monoisotopic (exact) mass is 597 g/mol. The molecule has 3 aromatic carbocycles. The molecule has 11 heteroatoms. The summed E-state index contributed by atoms with van der Waals surface area (Å²) >= 11 is 0. The van der Waals surface area contributed by atoms with Crippen molar-refractivity contribution in [3.8, 4) is 17.2 Å². The fourth-order valence-electron chi connectivity index (χ4n) is 4.49. The van der Waals surface area contributed by atoms with Gasteiger partial charge >= 0.3 is 0 Å². The first-order chi connectivity index (χ1) is 20.0. The Hall–Kier alpha value is -4.25. The summed E-state index contributed by atoms with van der Waals surface area (Å²) in [5, 5.41) is 2.93. The van der Waals surface area contributed by atoms with E-state index in [4.69, 9.17) is 14.2 Å². The van der Waals surface area contributed by atoms with Gasteiger partial charge in [0.25, 0.3) is 0 Å². The molecule has 3 aromatic rings. The van der Waals surface area contributed by atoms with Gasteiger partial charge in [-0.1, -0.05) is 42.5 Å². The zero-order valence-corrected chi connectivity index (χ0v) is 25.7. The van der Waals surface area contributed by atoms with Crippen molar-refractivity contribution in [1.82, 2.24) is 10.2 Å². The largest absolute Gasteiger partial charge is 0.497 e. The van der Waals surface area contributed by atoms with Gasteiger partial charge in [0, 0.05) is 25.1 Å². The van der Waals surface area contributed by atoms with Crippen LogP contribution in [0.5, 0.6) is 17.2 Å². The van der Waals surface area contributed by atoms with E-state index in [0.717, 1.165) is 16.1 Å². The summed E-state index contributed by atoms with van der Waals surface area (Å²) in [5.41, 5.74) is 1.73. The SMILES string of the molecule is COc1cccc(CN(C(=O)CN(c2ccc(OC)cc2OC)S(C)(=O)=O)[C@@H](Cc2ccccc2)C(=O)NC(C)C)c1. The Morgan fingerprint density at radius 2 is 1.48 bits per heavy atom. The van der Waals surface area contributed by atoms with Crippen LogP contribution in [0.25, 0.3) is 0 Å². The Balaban J connectivity index is 2.11. The number of sulfonamides is 1. The molecule has 0 spiro atoms. The van der Waals surface area contributed by atoms with Crippen LogP contribution < -0.4 is 23.8 Å². The topological polar surface area (TPSA) is 114 Å². The van der Waals surface area contributed by atoms with E-state index in [-0.39, 0.29) is 36.4 Å². The molecule has 0 radical (unpaired) electrons. The van der Waals surface area contributed by atoms with Crippen LogP contribution in [0.1, 0.15) is 25.0 Å². The summed E-state index contributed by atoms with van der Waals surface area (Å²) in [5.74, 6) is 0.347. The summed E-state index contributed by atoms with van der Waals surface area (Å²) in [7, 11) is 0.471. The van der Waals surface area contributed by atoms with Crippen LogP contribution in [0.2, 0.25) is 0 Å². The molecule has 0 unspecified atom stereocenters. The van der Waals surface area contributed by atoms with Gasteiger partial charge in [0.05, 0.1) is 33.3 Å². The molecule has 0 bridgehead atoms. The summed E-state index contributed by atoms with van der Waals surface area (Å²) in [6, 6.07) is 20.1. The maximum Gasteiger partial charge on any atom is 0.244 e. The number of carbonyl (C=O) groups is 2. The highest BCUT2D eigenvalue weighted by atomic mass is 32.2. The van der Waals surface area contributed by atoms with E-state index in [9.17, 15) is 18.0 Å². The van der Waals surface area contributed by atoms with Crippen molar-refractivity contribution in [3.05, 3.63) is 83.9 Å². The molecular formula is C31H39N3O7S. The van der Waals surface area contributed by atoms with Crippen molar-refractivity contribution in [3.63, 3.8) is 0 Å². The molecule has 0 saturated heterocycles. The van der Waals surface area contributed by atoms with Crippen LogP contribution in [0, 0.1) is 0 Å². The van der Waals surface area contributed by atoms with Crippen LogP contribution in [0.4, 0.5) is 5.69 Å². The minimum atomic E-state index is -3.96. The van der Waals surface area contributed by atoms with Crippen LogP contribution in [0.15, 0.2) is 72.8 Å². The van der Waals surface area contributed by atoms with E-state index in [1.807, 2.05) is 50.2 Å². The first-order valence-electron chi connectivity index (χ1n) is 13.4. The van der Waals surface area contributed by atoms with Gasteiger partial charge in [-0.25, -0.2) is 8.42 Å². The predicted molar refractivity (Wildman–Crippen MR) is 162 cm³/mol. The van der Waals surface area contributed by atoms with E-state index in [1.165, 1.54) is 25.2 Å². The Labute approximate surface area is 248 Å². The van der Waals surface area contributed by atoms with E-state index in [2.05, 4.69) is 5.32 Å². The second-order valence-electron chi connectivity index (χ2n) is 10.0. The molecule has 0 saturated carbocycles. The van der Waals surface area contributed by atoms with Gasteiger partial charge in [-0.05, 0) is 49.2 Å². The van der Waals surface area contributed by atoms with Crippen molar-refractivity contribution in [1.29, 1.82) is 0 Å². The molecule has 0 aromatic heterocycles. The number of ether oxygens (including phenoxy) is 3. The lowest BCUT2D eigenvalue weighted by Gasteiger charge is -2.34. The Morgan fingerprint density at radius 1 is 0.833 bits per heavy atom. The molecule has 2 amide bonds. The number of benzene rings is 3. The number of hydrogen-bond donors (Lipinski definition) is 1. The second-order valence-corrected chi connectivity index (χ2v) is 12.0. The maximum atomic E-state index is 14.2. The molecule has 1 atom stereocenters. The quantitative estimate of drug-likeness (QED) is 0.302. The number of hydrogen-bond acceptors (Lipinski definition) is 7. The van der Waals surface area contributed by atoms with E-state index in [1.54, 1.807) is 37.4 Å². The van der Waals surface area contributed by atoms with Crippen LogP contribution in [-0.4, -0.2) is 71.3 Å². The fraction of sp³-hybridized carbons (Fsp3) is 0.355. The summed E-state index contributed by atoms with van der Waals surface area (Å²) < 4.78 is 43.2. The molecule has 226 valence electrons. The Kier molecular flexibility index (Phi) is 11.2. The molecule has 10 nitrogen and oxygen atoms in total. The number of nitrogens with zero attached hydrogens (tertiary/aromatic N) is 2. The van der Waals surface area contributed by atoms with E-state index < -0.39 is 28.5 Å². The maximum absolute atomic E-state index is 14.2. The standard InChI is InChI=1S/C31H39N3O7S/c1-22(2)32-31(36)28(18-23-11-8-7-9-12-23)33(20-24-13-10-14-25(17-24)39-3)30(35)21-34(42(6,37)38)27-16-15-26(40-4)19-29(27)41-5/h7-17,19,22,28H,18,20-21H2,1-6H3,(H,32,36)/t28-/m0/s1. The van der Waals surface area contributed by atoms with Crippen LogP contribution >= 0.6 is 0 Å². The zero-order chi connectivity index (χ0) is 30.9. The van der Waals surface area contributed by atoms with Crippen molar-refractivity contribution >= 4 is 27.5 Å². The molecule has 0 aliphatic carbocycles. The molecule has 0 fully saturated rings.